The van der Waals surface area contributed by atoms with Crippen LogP contribution in [-0.4, -0.2) is 16.1 Å². The molecule has 1 aliphatic rings. The second kappa shape index (κ2) is 3.79. The second-order valence-electron chi connectivity index (χ2n) is 6.34. The Bertz CT molecular complexity index is 662. The minimum Gasteiger partial charge on any atom is -0.481 e. The van der Waals surface area contributed by atoms with Gasteiger partial charge >= 0.3 is 5.97 Å². The van der Waals surface area contributed by atoms with Crippen molar-refractivity contribution in [1.29, 1.82) is 0 Å². The van der Waals surface area contributed by atoms with Crippen molar-refractivity contribution in [2.75, 3.05) is 0 Å². The molecule has 1 aromatic heterocycles. The van der Waals surface area contributed by atoms with E-state index in [-0.39, 0.29) is 5.41 Å². The number of carbonyl (C=O) groups is 1. The molecule has 1 saturated carbocycles. The Hall–Kier alpha value is -1.42. The van der Waals surface area contributed by atoms with Crippen molar-refractivity contribution < 1.29 is 9.90 Å². The molecule has 0 amide bonds. The highest BCUT2D eigenvalue weighted by Crippen LogP contribution is 2.49. The van der Waals surface area contributed by atoms with Gasteiger partial charge in [-0.25, -0.2) is 4.98 Å². The summed E-state index contributed by atoms with van der Waals surface area (Å²) in [6.07, 6.45) is 1.50. The van der Waals surface area contributed by atoms with Gasteiger partial charge in [0.15, 0.2) is 0 Å². The summed E-state index contributed by atoms with van der Waals surface area (Å²) in [7, 11) is 0. The molecule has 1 N–H and O–H groups in total. The third-order valence-corrected chi connectivity index (χ3v) is 5.19. The van der Waals surface area contributed by atoms with Gasteiger partial charge in [-0.3, -0.25) is 4.79 Å². The monoisotopic (exact) mass is 275 g/mol. The van der Waals surface area contributed by atoms with Crippen molar-refractivity contribution >= 4 is 27.5 Å². The summed E-state index contributed by atoms with van der Waals surface area (Å²) in [5, 5.41) is 10.4. The first-order chi connectivity index (χ1) is 8.83. The standard InChI is InChI=1S/C15H17NO2S/c1-14(2,3)12-16-10-5-4-9(8-11(10)19-12)15(6-7-15)13(17)18/h4-5,8H,6-7H2,1-3H3,(H,17,18). The number of thiazole rings is 1. The first-order valence-electron chi connectivity index (χ1n) is 6.48. The predicted molar refractivity (Wildman–Crippen MR) is 76.9 cm³/mol. The molecule has 0 aliphatic heterocycles. The number of hydrogen-bond acceptors (Lipinski definition) is 3. The normalized spacial score (nSPS) is 17.6. The molecule has 3 rings (SSSR count). The molecule has 0 saturated heterocycles. The van der Waals surface area contributed by atoms with Gasteiger partial charge in [-0.2, -0.15) is 0 Å². The SMILES string of the molecule is CC(C)(C)c1nc2ccc(C3(C(=O)O)CC3)cc2s1. The van der Waals surface area contributed by atoms with Crippen molar-refractivity contribution in [2.24, 2.45) is 0 Å². The number of nitrogens with zero attached hydrogens (tertiary/aromatic N) is 1. The Morgan fingerprint density at radius 3 is 2.58 bits per heavy atom. The van der Waals surface area contributed by atoms with Crippen LogP contribution in [0.5, 0.6) is 0 Å². The van der Waals surface area contributed by atoms with Crippen LogP contribution in [0.1, 0.15) is 44.2 Å². The van der Waals surface area contributed by atoms with E-state index in [1.54, 1.807) is 11.3 Å². The predicted octanol–water partition coefficient (Wildman–Crippen LogP) is 3.71. The van der Waals surface area contributed by atoms with E-state index in [0.29, 0.717) is 0 Å². The topological polar surface area (TPSA) is 50.2 Å². The average molecular weight is 275 g/mol. The van der Waals surface area contributed by atoms with E-state index in [0.717, 1.165) is 33.6 Å². The van der Waals surface area contributed by atoms with Crippen molar-refractivity contribution in [3.63, 3.8) is 0 Å². The van der Waals surface area contributed by atoms with Crippen LogP contribution in [0.15, 0.2) is 18.2 Å². The van der Waals surface area contributed by atoms with Crippen LogP contribution in [0.2, 0.25) is 0 Å². The maximum atomic E-state index is 11.4. The molecule has 0 radical (unpaired) electrons. The van der Waals surface area contributed by atoms with E-state index in [9.17, 15) is 9.90 Å². The first kappa shape index (κ1) is 12.6. The van der Waals surface area contributed by atoms with Crippen molar-refractivity contribution in [2.45, 2.75) is 44.4 Å². The minimum atomic E-state index is -0.701. The summed E-state index contributed by atoms with van der Waals surface area (Å²) in [6.45, 7) is 6.43. The van der Waals surface area contributed by atoms with Crippen LogP contribution in [0.25, 0.3) is 10.2 Å². The lowest BCUT2D eigenvalue weighted by Gasteiger charge is -2.13. The van der Waals surface area contributed by atoms with Gasteiger partial charge in [-0.15, -0.1) is 11.3 Å². The summed E-state index contributed by atoms with van der Waals surface area (Å²) in [6, 6.07) is 5.90. The highest BCUT2D eigenvalue weighted by atomic mass is 32.1. The van der Waals surface area contributed by atoms with Crippen molar-refractivity contribution in [3.8, 4) is 0 Å². The zero-order valence-electron chi connectivity index (χ0n) is 11.4. The Morgan fingerprint density at radius 2 is 2.05 bits per heavy atom. The molecule has 1 aliphatic carbocycles. The first-order valence-corrected chi connectivity index (χ1v) is 7.29. The number of carboxylic acid groups (broad SMARTS) is 1. The third kappa shape index (κ3) is 1.94. The van der Waals surface area contributed by atoms with E-state index < -0.39 is 11.4 Å². The van der Waals surface area contributed by atoms with E-state index in [2.05, 4.69) is 25.8 Å². The Balaban J connectivity index is 2.09. The number of benzene rings is 1. The largest absolute Gasteiger partial charge is 0.481 e. The van der Waals surface area contributed by atoms with Crippen molar-refractivity contribution in [1.82, 2.24) is 4.98 Å². The van der Waals surface area contributed by atoms with Crippen molar-refractivity contribution in [3.05, 3.63) is 28.8 Å². The number of aromatic nitrogens is 1. The molecule has 2 aromatic rings. The molecule has 4 heteroatoms. The van der Waals surface area contributed by atoms with Crippen LogP contribution in [0, 0.1) is 0 Å². The molecule has 1 aromatic carbocycles. The lowest BCUT2D eigenvalue weighted by molar-refractivity contribution is -0.140. The molecule has 1 fully saturated rings. The van der Waals surface area contributed by atoms with Gasteiger partial charge in [-0.1, -0.05) is 26.8 Å². The van der Waals surface area contributed by atoms with Gasteiger partial charge in [0.2, 0.25) is 0 Å². The smallest absolute Gasteiger partial charge is 0.314 e. The van der Waals surface area contributed by atoms with Gasteiger partial charge in [0.05, 0.1) is 20.6 Å². The van der Waals surface area contributed by atoms with Crippen LogP contribution >= 0.6 is 11.3 Å². The molecular formula is C15H17NO2S. The van der Waals surface area contributed by atoms with Crippen LogP contribution in [0.4, 0.5) is 0 Å². The summed E-state index contributed by atoms with van der Waals surface area (Å²) in [5.41, 5.74) is 1.31. The molecule has 100 valence electrons. The lowest BCUT2D eigenvalue weighted by atomic mass is 9.96. The van der Waals surface area contributed by atoms with E-state index in [4.69, 9.17) is 0 Å². The van der Waals surface area contributed by atoms with Crippen LogP contribution in [0.3, 0.4) is 0 Å². The molecule has 0 spiro atoms. The fourth-order valence-electron chi connectivity index (χ4n) is 2.29. The van der Waals surface area contributed by atoms with Gasteiger partial charge in [0.1, 0.15) is 0 Å². The second-order valence-corrected chi connectivity index (χ2v) is 7.37. The molecule has 1 heterocycles. The fourth-order valence-corrected chi connectivity index (χ4v) is 3.36. The highest BCUT2D eigenvalue weighted by Gasteiger charge is 2.51. The summed E-state index contributed by atoms with van der Waals surface area (Å²) >= 11 is 1.67. The fraction of sp³-hybridized carbons (Fsp3) is 0.467. The zero-order chi connectivity index (χ0) is 13.8. The van der Waals surface area contributed by atoms with Gasteiger partial charge in [0, 0.05) is 5.41 Å². The van der Waals surface area contributed by atoms with E-state index >= 15 is 0 Å². The Labute approximate surface area is 116 Å². The molecule has 0 bridgehead atoms. The number of hydrogen-bond donors (Lipinski definition) is 1. The highest BCUT2D eigenvalue weighted by molar-refractivity contribution is 7.18. The maximum absolute atomic E-state index is 11.4. The van der Waals surface area contributed by atoms with Gasteiger partial charge in [0.25, 0.3) is 0 Å². The Kier molecular flexibility index (Phi) is 2.52. The molecule has 19 heavy (non-hydrogen) atoms. The van der Waals surface area contributed by atoms with Crippen LogP contribution in [-0.2, 0) is 15.6 Å². The zero-order valence-corrected chi connectivity index (χ0v) is 12.2. The van der Waals surface area contributed by atoms with Gasteiger partial charge < -0.3 is 5.11 Å². The summed E-state index contributed by atoms with van der Waals surface area (Å²) in [5.74, 6) is -0.701. The number of aliphatic carboxylic acids is 1. The third-order valence-electron chi connectivity index (χ3n) is 3.74. The molecular weight excluding hydrogens is 258 g/mol. The summed E-state index contributed by atoms with van der Waals surface area (Å²) in [4.78, 5) is 16.0. The average Bonchev–Trinajstić information content (AvgIpc) is 3.01. The molecule has 0 unspecified atom stereocenters. The number of carboxylic acids is 1. The Morgan fingerprint density at radius 1 is 1.37 bits per heavy atom. The molecule has 3 nitrogen and oxygen atoms in total. The van der Waals surface area contributed by atoms with E-state index in [1.807, 2.05) is 18.2 Å². The minimum absolute atomic E-state index is 0.0356. The number of fused-ring (bicyclic) bond motifs is 1. The molecule has 0 atom stereocenters. The summed E-state index contributed by atoms with van der Waals surface area (Å²) < 4.78 is 1.09. The maximum Gasteiger partial charge on any atom is 0.314 e. The van der Waals surface area contributed by atoms with Gasteiger partial charge in [-0.05, 0) is 30.5 Å². The lowest BCUT2D eigenvalue weighted by Crippen LogP contribution is -2.19. The quantitative estimate of drug-likeness (QED) is 0.909. The van der Waals surface area contributed by atoms with E-state index in [1.165, 1.54) is 0 Å². The number of rotatable bonds is 2. The van der Waals surface area contributed by atoms with Crippen LogP contribution < -0.4 is 0 Å².